The average molecular weight is 284 g/mol. The number of ether oxygens (including phenoxy) is 1. The lowest BCUT2D eigenvalue weighted by Gasteiger charge is -2.11. The molecule has 106 valence electrons. The van der Waals surface area contributed by atoms with Gasteiger partial charge in [-0.3, -0.25) is 4.79 Å². The van der Waals surface area contributed by atoms with Crippen LogP contribution in [0.25, 0.3) is 0 Å². The van der Waals surface area contributed by atoms with Gasteiger partial charge in [0.25, 0.3) is 5.91 Å². The predicted molar refractivity (Wildman–Crippen MR) is 79.2 cm³/mol. The molecule has 0 fully saturated rings. The minimum Gasteiger partial charge on any atom is -0.496 e. The third-order valence-corrected chi connectivity index (χ3v) is 3.55. The van der Waals surface area contributed by atoms with Gasteiger partial charge in [-0.25, -0.2) is 0 Å². The number of amides is 1. The van der Waals surface area contributed by atoms with E-state index in [1.54, 1.807) is 7.11 Å². The Hall–Kier alpha value is -1.22. The molecule has 1 aromatic rings. The number of carbonyl (C=O) groups is 1. The minimum atomic E-state index is -0.0842. The van der Waals surface area contributed by atoms with E-state index in [4.69, 9.17) is 16.3 Å². The van der Waals surface area contributed by atoms with Gasteiger partial charge in [0, 0.05) is 12.4 Å². The number of nitrogens with one attached hydrogen (secondary N) is 1. The molecule has 1 atom stereocenters. The minimum absolute atomic E-state index is 0.0842. The topological polar surface area (TPSA) is 38.3 Å². The van der Waals surface area contributed by atoms with E-state index in [1.165, 1.54) is 0 Å². The van der Waals surface area contributed by atoms with Crippen LogP contribution < -0.4 is 10.1 Å². The van der Waals surface area contributed by atoms with Crippen LogP contribution >= 0.6 is 11.6 Å². The van der Waals surface area contributed by atoms with Gasteiger partial charge >= 0.3 is 0 Å². The smallest absolute Gasteiger partial charge is 0.255 e. The summed E-state index contributed by atoms with van der Waals surface area (Å²) >= 11 is 5.74. The summed E-state index contributed by atoms with van der Waals surface area (Å²) in [4.78, 5) is 12.1. The number of aryl methyl sites for hydroxylation is 1. The molecule has 0 aliphatic rings. The van der Waals surface area contributed by atoms with Crippen LogP contribution in [0, 0.1) is 12.8 Å². The first kappa shape index (κ1) is 15.8. The lowest BCUT2D eigenvalue weighted by Crippen LogP contribution is -2.25. The van der Waals surface area contributed by atoms with Crippen molar-refractivity contribution in [1.82, 2.24) is 5.32 Å². The first-order valence-electron chi connectivity index (χ1n) is 6.57. The highest BCUT2D eigenvalue weighted by Gasteiger charge is 2.11. The molecule has 0 aromatic heterocycles. The summed E-state index contributed by atoms with van der Waals surface area (Å²) in [6.07, 6.45) is 1.96. The van der Waals surface area contributed by atoms with E-state index >= 15 is 0 Å². The number of alkyl halides is 1. The molecule has 0 aliphatic carbocycles. The fourth-order valence-corrected chi connectivity index (χ4v) is 1.98. The van der Waals surface area contributed by atoms with Crippen molar-refractivity contribution >= 4 is 17.5 Å². The Labute approximate surface area is 120 Å². The van der Waals surface area contributed by atoms with Gasteiger partial charge in [0.05, 0.1) is 12.7 Å². The van der Waals surface area contributed by atoms with E-state index < -0.39 is 0 Å². The summed E-state index contributed by atoms with van der Waals surface area (Å²) in [6.45, 7) is 4.73. The number of benzene rings is 1. The number of methoxy groups -OCH3 is 1. The molecular weight excluding hydrogens is 262 g/mol. The van der Waals surface area contributed by atoms with E-state index in [-0.39, 0.29) is 5.91 Å². The second kappa shape index (κ2) is 8.05. The molecule has 19 heavy (non-hydrogen) atoms. The lowest BCUT2D eigenvalue weighted by molar-refractivity contribution is 0.0949. The number of hydrogen-bond acceptors (Lipinski definition) is 2. The average Bonchev–Trinajstić information content (AvgIpc) is 2.42. The highest BCUT2D eigenvalue weighted by atomic mass is 35.5. The van der Waals surface area contributed by atoms with Crippen LogP contribution in [-0.2, 0) is 0 Å². The SMILES string of the molecule is COc1ccc(C)cc1C(=O)NCCCC(C)CCl. The predicted octanol–water partition coefficient (Wildman–Crippen LogP) is 3.39. The number of hydrogen-bond donors (Lipinski definition) is 1. The van der Waals surface area contributed by atoms with Crippen molar-refractivity contribution in [2.24, 2.45) is 5.92 Å². The third kappa shape index (κ3) is 5.11. The second-order valence-electron chi connectivity index (χ2n) is 4.86. The van der Waals surface area contributed by atoms with E-state index in [1.807, 2.05) is 25.1 Å². The Bertz CT molecular complexity index is 421. The van der Waals surface area contributed by atoms with Crippen LogP contribution in [0.5, 0.6) is 5.75 Å². The summed E-state index contributed by atoms with van der Waals surface area (Å²) in [5.41, 5.74) is 1.63. The normalized spacial score (nSPS) is 12.0. The van der Waals surface area contributed by atoms with E-state index in [2.05, 4.69) is 12.2 Å². The van der Waals surface area contributed by atoms with Gasteiger partial charge in [-0.1, -0.05) is 18.6 Å². The summed E-state index contributed by atoms with van der Waals surface area (Å²) < 4.78 is 5.21. The van der Waals surface area contributed by atoms with Gasteiger partial charge < -0.3 is 10.1 Å². The Kier molecular flexibility index (Phi) is 6.71. The highest BCUT2D eigenvalue weighted by Crippen LogP contribution is 2.19. The number of halogens is 1. The Morgan fingerprint density at radius 2 is 2.21 bits per heavy atom. The van der Waals surface area contributed by atoms with Crippen molar-refractivity contribution in [3.63, 3.8) is 0 Å². The quantitative estimate of drug-likeness (QED) is 0.615. The van der Waals surface area contributed by atoms with Crippen LogP contribution in [0.15, 0.2) is 18.2 Å². The maximum absolute atomic E-state index is 12.1. The summed E-state index contributed by atoms with van der Waals surface area (Å²) in [5, 5.41) is 2.92. The van der Waals surface area contributed by atoms with Gasteiger partial charge in [-0.2, -0.15) is 0 Å². The standard InChI is InChI=1S/C15H22ClNO2/c1-11-6-7-14(19-3)13(9-11)15(18)17-8-4-5-12(2)10-16/h6-7,9,12H,4-5,8,10H2,1-3H3,(H,17,18). The van der Waals surface area contributed by atoms with Gasteiger partial charge in [0.1, 0.15) is 5.75 Å². The lowest BCUT2D eigenvalue weighted by atomic mass is 10.1. The molecule has 1 aromatic carbocycles. The fourth-order valence-electron chi connectivity index (χ4n) is 1.82. The fraction of sp³-hybridized carbons (Fsp3) is 0.533. The molecule has 4 heteroatoms. The molecule has 0 heterocycles. The van der Waals surface area contributed by atoms with Crippen molar-refractivity contribution in [3.05, 3.63) is 29.3 Å². The zero-order chi connectivity index (χ0) is 14.3. The molecule has 1 N–H and O–H groups in total. The summed E-state index contributed by atoms with van der Waals surface area (Å²) in [6, 6.07) is 5.59. The van der Waals surface area contributed by atoms with Crippen LogP contribution in [-0.4, -0.2) is 25.4 Å². The Balaban J connectivity index is 2.51. The monoisotopic (exact) mass is 283 g/mol. The molecule has 0 saturated heterocycles. The van der Waals surface area contributed by atoms with Gasteiger partial charge in [0.2, 0.25) is 0 Å². The molecule has 0 bridgehead atoms. The zero-order valence-electron chi connectivity index (χ0n) is 11.8. The van der Waals surface area contributed by atoms with E-state index in [0.717, 1.165) is 18.4 Å². The van der Waals surface area contributed by atoms with Crippen LogP contribution in [0.3, 0.4) is 0 Å². The molecule has 0 saturated carbocycles. The van der Waals surface area contributed by atoms with Crippen LogP contribution in [0.4, 0.5) is 0 Å². The highest BCUT2D eigenvalue weighted by molar-refractivity contribution is 6.18. The van der Waals surface area contributed by atoms with Crippen molar-refractivity contribution < 1.29 is 9.53 Å². The molecule has 0 radical (unpaired) electrons. The largest absolute Gasteiger partial charge is 0.496 e. The van der Waals surface area contributed by atoms with Crippen molar-refractivity contribution in [3.8, 4) is 5.75 Å². The van der Waals surface area contributed by atoms with Gasteiger partial charge in [0.15, 0.2) is 0 Å². The van der Waals surface area contributed by atoms with Gasteiger partial charge in [-0.15, -0.1) is 11.6 Å². The first-order valence-corrected chi connectivity index (χ1v) is 7.10. The molecule has 1 rings (SSSR count). The molecular formula is C15H22ClNO2. The number of carbonyl (C=O) groups excluding carboxylic acids is 1. The van der Waals surface area contributed by atoms with E-state index in [0.29, 0.717) is 29.7 Å². The van der Waals surface area contributed by atoms with Gasteiger partial charge in [-0.05, 0) is 37.8 Å². The molecule has 0 aliphatic heterocycles. The Morgan fingerprint density at radius 1 is 1.47 bits per heavy atom. The second-order valence-corrected chi connectivity index (χ2v) is 5.17. The van der Waals surface area contributed by atoms with Crippen LogP contribution in [0.1, 0.15) is 35.7 Å². The molecule has 1 amide bonds. The maximum atomic E-state index is 12.1. The summed E-state index contributed by atoms with van der Waals surface area (Å²) in [7, 11) is 1.57. The molecule has 1 unspecified atom stereocenters. The Morgan fingerprint density at radius 3 is 2.84 bits per heavy atom. The molecule has 3 nitrogen and oxygen atoms in total. The number of rotatable bonds is 7. The van der Waals surface area contributed by atoms with E-state index in [9.17, 15) is 4.79 Å². The zero-order valence-corrected chi connectivity index (χ0v) is 12.6. The molecule has 0 spiro atoms. The van der Waals surface area contributed by atoms with Crippen LogP contribution in [0.2, 0.25) is 0 Å². The van der Waals surface area contributed by atoms with Crippen molar-refractivity contribution in [1.29, 1.82) is 0 Å². The maximum Gasteiger partial charge on any atom is 0.255 e. The summed E-state index contributed by atoms with van der Waals surface area (Å²) in [5.74, 6) is 1.68. The third-order valence-electron chi connectivity index (χ3n) is 3.02. The van der Waals surface area contributed by atoms with Crippen molar-refractivity contribution in [2.75, 3.05) is 19.5 Å². The van der Waals surface area contributed by atoms with Crippen molar-refractivity contribution in [2.45, 2.75) is 26.7 Å². The first-order chi connectivity index (χ1) is 9.08.